The molecule has 0 saturated carbocycles. The molecule has 1 aromatic heterocycles. The quantitative estimate of drug-likeness (QED) is 0.565. The molecule has 2 N–H and O–H groups in total. The topological polar surface area (TPSA) is 120 Å². The number of nitrogens with two attached hydrogens (primary N) is 1. The Morgan fingerprint density at radius 3 is 2.21 bits per heavy atom. The molecule has 0 spiro atoms. The average Bonchev–Trinajstić information content (AvgIpc) is 3.09. The SMILES string of the molecule is Cc1ccc(S(=O)(=O)CCc2nnc(C(c3ccc(Cl)cc3)S(N)(=O)=O)s2)cc1. The molecule has 1 atom stereocenters. The number of benzene rings is 2. The van der Waals surface area contributed by atoms with Crippen LogP contribution in [-0.2, 0) is 26.3 Å². The van der Waals surface area contributed by atoms with Crippen LogP contribution in [0.4, 0.5) is 0 Å². The van der Waals surface area contributed by atoms with E-state index in [4.69, 9.17) is 16.7 Å². The van der Waals surface area contributed by atoms with Crippen LogP contribution in [0.2, 0.25) is 5.02 Å². The van der Waals surface area contributed by atoms with E-state index in [1.54, 1.807) is 48.5 Å². The molecule has 0 bridgehead atoms. The van der Waals surface area contributed by atoms with Gasteiger partial charge in [-0.3, -0.25) is 0 Å². The van der Waals surface area contributed by atoms with Crippen molar-refractivity contribution in [3.8, 4) is 0 Å². The first-order chi connectivity index (χ1) is 13.6. The smallest absolute Gasteiger partial charge is 0.222 e. The fraction of sp³-hybridized carbons (Fsp3) is 0.222. The Kier molecular flexibility index (Phi) is 6.39. The Labute approximate surface area is 178 Å². The van der Waals surface area contributed by atoms with E-state index in [-0.39, 0.29) is 22.1 Å². The van der Waals surface area contributed by atoms with Crippen LogP contribution < -0.4 is 5.14 Å². The summed E-state index contributed by atoms with van der Waals surface area (Å²) in [5.41, 5.74) is 1.38. The number of hydrogen-bond donors (Lipinski definition) is 1. The number of aromatic nitrogens is 2. The van der Waals surface area contributed by atoms with Gasteiger partial charge in [0.25, 0.3) is 0 Å². The summed E-state index contributed by atoms with van der Waals surface area (Å²) in [7, 11) is -7.50. The number of aryl methyl sites for hydroxylation is 2. The first kappa shape index (κ1) is 21.8. The molecule has 3 aromatic rings. The van der Waals surface area contributed by atoms with Crippen molar-refractivity contribution in [2.24, 2.45) is 5.14 Å². The van der Waals surface area contributed by atoms with E-state index in [9.17, 15) is 16.8 Å². The van der Waals surface area contributed by atoms with Gasteiger partial charge in [-0.05, 0) is 36.8 Å². The molecule has 7 nitrogen and oxygen atoms in total. The first-order valence-corrected chi connectivity index (χ1v) is 12.9. The minimum absolute atomic E-state index is 0.117. The second kappa shape index (κ2) is 8.49. The van der Waals surface area contributed by atoms with E-state index in [0.717, 1.165) is 16.9 Å². The van der Waals surface area contributed by atoms with Gasteiger partial charge >= 0.3 is 0 Å². The Hall–Kier alpha value is -1.85. The summed E-state index contributed by atoms with van der Waals surface area (Å²) in [5.74, 6) is -0.161. The minimum Gasteiger partial charge on any atom is -0.228 e. The molecule has 1 heterocycles. The highest BCUT2D eigenvalue weighted by atomic mass is 35.5. The lowest BCUT2D eigenvalue weighted by Crippen LogP contribution is -2.22. The van der Waals surface area contributed by atoms with Crippen LogP contribution in [0.3, 0.4) is 0 Å². The number of hydrogen-bond acceptors (Lipinski definition) is 7. The highest BCUT2D eigenvalue weighted by Crippen LogP contribution is 2.31. The van der Waals surface area contributed by atoms with Crippen LogP contribution in [0, 0.1) is 6.92 Å². The summed E-state index contributed by atoms with van der Waals surface area (Å²) in [5, 5.41) is 13.2. The van der Waals surface area contributed by atoms with Gasteiger partial charge in [0.15, 0.2) is 15.1 Å². The van der Waals surface area contributed by atoms with Crippen molar-refractivity contribution in [3.05, 3.63) is 74.7 Å². The van der Waals surface area contributed by atoms with Crippen molar-refractivity contribution in [2.45, 2.75) is 23.5 Å². The van der Waals surface area contributed by atoms with E-state index >= 15 is 0 Å². The maximum atomic E-state index is 12.5. The molecule has 0 saturated heterocycles. The molecular weight excluding hydrogens is 454 g/mol. The van der Waals surface area contributed by atoms with Gasteiger partial charge in [-0.1, -0.05) is 52.8 Å². The second-order valence-corrected chi connectivity index (χ2v) is 11.7. The van der Waals surface area contributed by atoms with Crippen LogP contribution in [0.15, 0.2) is 53.4 Å². The van der Waals surface area contributed by atoms with Gasteiger partial charge in [0.1, 0.15) is 10.0 Å². The van der Waals surface area contributed by atoms with Crippen LogP contribution >= 0.6 is 22.9 Å². The van der Waals surface area contributed by atoms with Gasteiger partial charge in [-0.2, -0.15) is 0 Å². The van der Waals surface area contributed by atoms with Crippen molar-refractivity contribution < 1.29 is 16.8 Å². The van der Waals surface area contributed by atoms with Crippen LogP contribution in [0.1, 0.15) is 26.4 Å². The largest absolute Gasteiger partial charge is 0.228 e. The third-order valence-corrected chi connectivity index (χ3v) is 8.51. The zero-order valence-electron chi connectivity index (χ0n) is 15.3. The van der Waals surface area contributed by atoms with Crippen molar-refractivity contribution in [3.63, 3.8) is 0 Å². The third kappa shape index (κ3) is 5.40. The maximum Gasteiger partial charge on any atom is 0.222 e. The normalized spacial score (nSPS) is 13.3. The molecule has 0 aliphatic carbocycles. The van der Waals surface area contributed by atoms with Gasteiger partial charge < -0.3 is 0 Å². The summed E-state index contributed by atoms with van der Waals surface area (Å²) in [6.07, 6.45) is 0.117. The summed E-state index contributed by atoms with van der Waals surface area (Å²) >= 11 is 6.89. The molecular formula is C18H18ClN3O4S3. The second-order valence-electron chi connectivity index (χ2n) is 6.44. The molecule has 11 heteroatoms. The lowest BCUT2D eigenvalue weighted by Gasteiger charge is -2.11. The Bertz CT molecular complexity index is 1210. The van der Waals surface area contributed by atoms with Crippen LogP contribution in [0.5, 0.6) is 0 Å². The summed E-state index contributed by atoms with van der Waals surface area (Å²) < 4.78 is 49.3. The zero-order chi connectivity index (χ0) is 21.2. The standard InChI is InChI=1S/C18H18ClN3O4S3/c1-12-2-8-15(9-3-12)28(23,24)11-10-16-21-22-18(27-16)17(29(20,25)26)13-4-6-14(19)7-5-13/h2-9,17H,10-11H2,1H3,(H2,20,25,26). The molecule has 0 aliphatic rings. The van der Waals surface area contributed by atoms with Crippen molar-refractivity contribution in [1.29, 1.82) is 0 Å². The molecule has 154 valence electrons. The summed E-state index contributed by atoms with van der Waals surface area (Å²) in [6, 6.07) is 12.8. The molecule has 2 aromatic carbocycles. The fourth-order valence-electron chi connectivity index (χ4n) is 2.67. The van der Waals surface area contributed by atoms with Gasteiger partial charge in [0, 0.05) is 11.4 Å². The Balaban J connectivity index is 1.81. The first-order valence-electron chi connectivity index (χ1n) is 8.45. The van der Waals surface area contributed by atoms with Crippen molar-refractivity contribution in [1.82, 2.24) is 10.2 Å². The van der Waals surface area contributed by atoms with E-state index < -0.39 is 25.1 Å². The number of sulfone groups is 1. The lowest BCUT2D eigenvalue weighted by molar-refractivity contribution is 0.590. The summed E-state index contributed by atoms with van der Waals surface area (Å²) in [6.45, 7) is 1.88. The van der Waals surface area contributed by atoms with Crippen molar-refractivity contribution in [2.75, 3.05) is 5.75 Å². The molecule has 29 heavy (non-hydrogen) atoms. The third-order valence-electron chi connectivity index (χ3n) is 4.17. The monoisotopic (exact) mass is 471 g/mol. The van der Waals surface area contributed by atoms with Gasteiger partial charge in [-0.15, -0.1) is 10.2 Å². The number of rotatable bonds is 7. The predicted molar refractivity (Wildman–Crippen MR) is 113 cm³/mol. The molecule has 0 amide bonds. The zero-order valence-corrected chi connectivity index (χ0v) is 18.5. The average molecular weight is 472 g/mol. The lowest BCUT2D eigenvalue weighted by atomic mass is 10.1. The molecule has 1 unspecified atom stereocenters. The number of sulfonamides is 1. The predicted octanol–water partition coefficient (Wildman–Crippen LogP) is 2.89. The molecule has 0 radical (unpaired) electrons. The van der Waals surface area contributed by atoms with Crippen LogP contribution in [0.25, 0.3) is 0 Å². The highest BCUT2D eigenvalue weighted by Gasteiger charge is 2.30. The van der Waals surface area contributed by atoms with Crippen molar-refractivity contribution >= 4 is 42.8 Å². The highest BCUT2D eigenvalue weighted by molar-refractivity contribution is 7.91. The molecule has 3 rings (SSSR count). The van der Waals surface area contributed by atoms with E-state index in [2.05, 4.69) is 10.2 Å². The minimum atomic E-state index is -4.01. The number of halogens is 1. The fourth-order valence-corrected chi connectivity index (χ4v) is 6.44. The van der Waals surface area contributed by atoms with E-state index in [1.807, 2.05) is 6.92 Å². The van der Waals surface area contributed by atoms with E-state index in [0.29, 0.717) is 15.6 Å². The van der Waals surface area contributed by atoms with Gasteiger partial charge in [-0.25, -0.2) is 22.0 Å². The molecule has 0 fully saturated rings. The molecule has 0 aliphatic heterocycles. The maximum absolute atomic E-state index is 12.5. The van der Waals surface area contributed by atoms with Gasteiger partial charge in [0.2, 0.25) is 10.0 Å². The number of primary sulfonamides is 1. The van der Waals surface area contributed by atoms with E-state index in [1.165, 1.54) is 0 Å². The Morgan fingerprint density at radius 2 is 1.62 bits per heavy atom. The van der Waals surface area contributed by atoms with Gasteiger partial charge in [0.05, 0.1) is 10.6 Å². The number of nitrogens with zero attached hydrogens (tertiary/aromatic N) is 2. The summed E-state index contributed by atoms with van der Waals surface area (Å²) in [4.78, 5) is 0.233. The Morgan fingerprint density at radius 1 is 1.00 bits per heavy atom. The van der Waals surface area contributed by atoms with Crippen LogP contribution in [-0.4, -0.2) is 32.8 Å².